The number of rotatable bonds is 5. The number of hydrogen-bond donors (Lipinski definition) is 0. The van der Waals surface area contributed by atoms with Gasteiger partial charge in [-0.1, -0.05) is 24.6 Å². The molecule has 0 N–H and O–H groups in total. The van der Waals surface area contributed by atoms with Crippen molar-refractivity contribution in [2.45, 2.75) is 31.3 Å². The molecule has 1 aromatic heterocycles. The third-order valence-electron chi connectivity index (χ3n) is 4.84. The zero-order valence-electron chi connectivity index (χ0n) is 15.6. The molecule has 0 unspecified atom stereocenters. The molecule has 0 radical (unpaired) electrons. The van der Waals surface area contributed by atoms with Crippen LogP contribution < -0.4 is 0 Å². The summed E-state index contributed by atoms with van der Waals surface area (Å²) in [5.74, 6) is -0.931. The van der Waals surface area contributed by atoms with Gasteiger partial charge in [-0.3, -0.25) is 4.68 Å². The lowest BCUT2D eigenvalue weighted by molar-refractivity contribution is 0.0596. The Balaban J connectivity index is 2.00. The van der Waals surface area contributed by atoms with Crippen LogP contribution >= 0.6 is 11.6 Å². The zero-order chi connectivity index (χ0) is 20.5. The molecule has 0 saturated carbocycles. The Labute approximate surface area is 168 Å². The average molecular weight is 430 g/mol. The van der Waals surface area contributed by atoms with Crippen LogP contribution in [-0.4, -0.2) is 48.7 Å². The minimum atomic E-state index is -3.99. The first-order valence-corrected chi connectivity index (χ1v) is 10.6. The Morgan fingerprint density at radius 3 is 2.64 bits per heavy atom. The second kappa shape index (κ2) is 8.18. The predicted molar refractivity (Wildman–Crippen MR) is 101 cm³/mol. The second-order valence-electron chi connectivity index (χ2n) is 6.82. The Hall–Kier alpha value is -1.97. The van der Waals surface area contributed by atoms with Gasteiger partial charge in [0, 0.05) is 29.9 Å². The summed E-state index contributed by atoms with van der Waals surface area (Å²) in [4.78, 5) is 12.2. The smallest absolute Gasteiger partial charge is 0.342 e. The van der Waals surface area contributed by atoms with Crippen LogP contribution in [0.5, 0.6) is 0 Å². The number of ether oxygens (including phenoxy) is 1. The summed E-state index contributed by atoms with van der Waals surface area (Å²) in [5, 5.41) is 3.88. The standard InChI is InChI=1S/C18H21ClFN3O4S/c1-12-6-8-23(9-7-12)28(25,26)17-14(18(24)27-2)11-22(21-17)10-13-15(19)4-3-5-16(13)20/h3-5,11-12H,6-10H2,1-2H3. The Morgan fingerprint density at radius 2 is 2.04 bits per heavy atom. The number of esters is 1. The average Bonchev–Trinajstić information content (AvgIpc) is 3.09. The topological polar surface area (TPSA) is 81.5 Å². The molecule has 0 bridgehead atoms. The van der Waals surface area contributed by atoms with Crippen LogP contribution in [0.2, 0.25) is 5.02 Å². The molecule has 0 spiro atoms. The number of carbonyl (C=O) groups excluding carboxylic acids is 1. The van der Waals surface area contributed by atoms with Crippen LogP contribution in [0.1, 0.15) is 35.7 Å². The van der Waals surface area contributed by atoms with E-state index in [1.165, 1.54) is 33.4 Å². The highest BCUT2D eigenvalue weighted by Crippen LogP contribution is 2.26. The second-order valence-corrected chi connectivity index (χ2v) is 9.08. The van der Waals surface area contributed by atoms with Crippen molar-refractivity contribution in [3.05, 3.63) is 46.4 Å². The molecule has 7 nitrogen and oxygen atoms in total. The minimum Gasteiger partial charge on any atom is -0.465 e. The Morgan fingerprint density at radius 1 is 1.36 bits per heavy atom. The lowest BCUT2D eigenvalue weighted by atomic mass is 10.0. The van der Waals surface area contributed by atoms with Crippen LogP contribution in [0.4, 0.5) is 4.39 Å². The first-order chi connectivity index (χ1) is 13.2. The number of aromatic nitrogens is 2. The van der Waals surface area contributed by atoms with Gasteiger partial charge in [-0.05, 0) is 30.9 Å². The molecule has 0 atom stereocenters. The molecule has 2 aromatic rings. The van der Waals surface area contributed by atoms with Crippen molar-refractivity contribution in [2.75, 3.05) is 20.2 Å². The highest BCUT2D eigenvalue weighted by Gasteiger charge is 2.35. The molecule has 0 amide bonds. The molecule has 1 aliphatic heterocycles. The van der Waals surface area contributed by atoms with Crippen molar-refractivity contribution in [3.8, 4) is 0 Å². The van der Waals surface area contributed by atoms with Crippen LogP contribution in [-0.2, 0) is 21.3 Å². The summed E-state index contributed by atoms with van der Waals surface area (Å²) >= 11 is 6.04. The monoisotopic (exact) mass is 429 g/mol. The summed E-state index contributed by atoms with van der Waals surface area (Å²) in [6.45, 7) is 2.66. The highest BCUT2D eigenvalue weighted by molar-refractivity contribution is 7.89. The van der Waals surface area contributed by atoms with E-state index >= 15 is 0 Å². The molecule has 1 aliphatic rings. The highest BCUT2D eigenvalue weighted by atomic mass is 35.5. The molecule has 2 heterocycles. The van der Waals surface area contributed by atoms with E-state index in [0.29, 0.717) is 19.0 Å². The van der Waals surface area contributed by atoms with Gasteiger partial charge in [0.2, 0.25) is 5.03 Å². The van der Waals surface area contributed by atoms with Crippen molar-refractivity contribution >= 4 is 27.6 Å². The largest absolute Gasteiger partial charge is 0.465 e. The van der Waals surface area contributed by atoms with Gasteiger partial charge in [0.15, 0.2) is 0 Å². The van der Waals surface area contributed by atoms with Gasteiger partial charge in [0.1, 0.15) is 11.4 Å². The number of nitrogens with zero attached hydrogens (tertiary/aromatic N) is 3. The van der Waals surface area contributed by atoms with E-state index < -0.39 is 21.8 Å². The van der Waals surface area contributed by atoms with Crippen molar-refractivity contribution in [3.63, 3.8) is 0 Å². The number of piperidine rings is 1. The molecular weight excluding hydrogens is 409 g/mol. The summed E-state index contributed by atoms with van der Waals surface area (Å²) in [7, 11) is -2.83. The number of benzene rings is 1. The van der Waals surface area contributed by atoms with E-state index in [1.807, 2.05) is 0 Å². The molecular formula is C18H21ClFN3O4S. The third-order valence-corrected chi connectivity index (χ3v) is 7.03. The summed E-state index contributed by atoms with van der Waals surface area (Å²) in [6, 6.07) is 4.24. The van der Waals surface area contributed by atoms with Crippen LogP contribution in [0.25, 0.3) is 0 Å². The Kier molecular flexibility index (Phi) is 6.07. The molecule has 1 saturated heterocycles. The Bertz CT molecular complexity index is 964. The van der Waals surface area contributed by atoms with Gasteiger partial charge < -0.3 is 4.74 Å². The van der Waals surface area contributed by atoms with Crippen LogP contribution in [0.15, 0.2) is 29.4 Å². The van der Waals surface area contributed by atoms with Gasteiger partial charge in [-0.15, -0.1) is 0 Å². The molecule has 0 aliphatic carbocycles. The molecule has 3 rings (SSSR count). The van der Waals surface area contributed by atoms with Gasteiger partial charge in [-0.25, -0.2) is 17.6 Å². The maximum Gasteiger partial charge on any atom is 0.342 e. The fourth-order valence-corrected chi connectivity index (χ4v) is 4.90. The van der Waals surface area contributed by atoms with Crippen molar-refractivity contribution in [1.82, 2.24) is 14.1 Å². The molecule has 1 fully saturated rings. The van der Waals surface area contributed by atoms with E-state index in [9.17, 15) is 17.6 Å². The summed E-state index contributed by atoms with van der Waals surface area (Å²) < 4.78 is 47.5. The maximum absolute atomic E-state index is 14.1. The SMILES string of the molecule is COC(=O)c1cn(Cc2c(F)cccc2Cl)nc1S(=O)(=O)N1CCC(C)CC1. The number of halogens is 2. The fourth-order valence-electron chi connectivity index (χ4n) is 3.12. The van der Waals surface area contributed by atoms with Gasteiger partial charge in [0.05, 0.1) is 13.7 Å². The van der Waals surface area contributed by atoms with Crippen molar-refractivity contribution < 1.29 is 22.3 Å². The van der Waals surface area contributed by atoms with Crippen LogP contribution in [0.3, 0.4) is 0 Å². The minimum absolute atomic E-state index is 0.123. The molecule has 28 heavy (non-hydrogen) atoms. The van der Waals surface area contributed by atoms with E-state index in [1.54, 1.807) is 0 Å². The fraction of sp³-hybridized carbons (Fsp3) is 0.444. The number of methoxy groups -OCH3 is 1. The van der Waals surface area contributed by atoms with Gasteiger partial charge in [-0.2, -0.15) is 9.40 Å². The number of hydrogen-bond acceptors (Lipinski definition) is 5. The summed E-state index contributed by atoms with van der Waals surface area (Å²) in [5.41, 5.74) is -0.0348. The quantitative estimate of drug-likeness (QED) is 0.682. The molecule has 152 valence electrons. The number of carbonyl (C=O) groups is 1. The normalized spacial score (nSPS) is 16.3. The van der Waals surface area contributed by atoms with E-state index in [2.05, 4.69) is 12.0 Å². The lowest BCUT2D eigenvalue weighted by Gasteiger charge is -2.28. The van der Waals surface area contributed by atoms with Crippen molar-refractivity contribution in [1.29, 1.82) is 0 Å². The number of sulfonamides is 1. The zero-order valence-corrected chi connectivity index (χ0v) is 17.1. The maximum atomic E-state index is 14.1. The van der Waals surface area contributed by atoms with Crippen molar-refractivity contribution in [2.24, 2.45) is 5.92 Å². The van der Waals surface area contributed by atoms with Gasteiger partial charge >= 0.3 is 5.97 Å². The summed E-state index contributed by atoms with van der Waals surface area (Å²) in [6.07, 6.45) is 2.71. The molecule has 10 heteroatoms. The van der Waals surface area contributed by atoms with E-state index in [4.69, 9.17) is 16.3 Å². The van der Waals surface area contributed by atoms with Gasteiger partial charge in [0.25, 0.3) is 10.0 Å². The van der Waals surface area contributed by atoms with E-state index in [-0.39, 0.29) is 27.7 Å². The molecule has 1 aromatic carbocycles. The van der Waals surface area contributed by atoms with Crippen LogP contribution in [0, 0.1) is 11.7 Å². The van der Waals surface area contributed by atoms with E-state index in [0.717, 1.165) is 20.0 Å². The predicted octanol–water partition coefficient (Wildman–Crippen LogP) is 2.93. The first-order valence-electron chi connectivity index (χ1n) is 8.83. The first kappa shape index (κ1) is 20.8. The lowest BCUT2D eigenvalue weighted by Crippen LogP contribution is -2.38. The third kappa shape index (κ3) is 4.06.